The number of nitrogens with one attached hydrogen (secondary N) is 1. The normalized spacial score (nSPS) is 11.3. The minimum absolute atomic E-state index is 0.671. The van der Waals surface area contributed by atoms with Gasteiger partial charge in [0, 0.05) is 16.5 Å². The molecule has 0 saturated heterocycles. The second kappa shape index (κ2) is 5.11. The van der Waals surface area contributed by atoms with Crippen molar-refractivity contribution in [2.24, 2.45) is 0 Å². The number of furan rings is 2. The Morgan fingerprint density at radius 2 is 1.71 bits per heavy atom. The predicted octanol–water partition coefficient (Wildman–Crippen LogP) is 5.40. The molecule has 21 heavy (non-hydrogen) atoms. The monoisotopic (exact) mass is 389 g/mol. The first-order chi connectivity index (χ1) is 10.3. The van der Waals surface area contributed by atoms with Gasteiger partial charge in [0.25, 0.3) is 0 Å². The maximum atomic E-state index is 5.83. The van der Waals surface area contributed by atoms with E-state index in [0.29, 0.717) is 6.54 Å². The van der Waals surface area contributed by atoms with Gasteiger partial charge < -0.3 is 14.2 Å². The van der Waals surface area contributed by atoms with Crippen LogP contribution in [0.3, 0.4) is 0 Å². The molecule has 0 fully saturated rings. The number of rotatable bonds is 3. The fourth-order valence-corrected chi connectivity index (χ4v) is 2.93. The highest BCUT2D eigenvalue weighted by molar-refractivity contribution is 14.1. The first kappa shape index (κ1) is 12.8. The highest BCUT2D eigenvalue weighted by Crippen LogP contribution is 2.30. The molecule has 4 aromatic rings. The molecule has 0 aliphatic carbocycles. The zero-order chi connectivity index (χ0) is 14.2. The minimum Gasteiger partial charge on any atom is -0.456 e. The van der Waals surface area contributed by atoms with Crippen molar-refractivity contribution < 1.29 is 8.83 Å². The van der Waals surface area contributed by atoms with Gasteiger partial charge >= 0.3 is 0 Å². The van der Waals surface area contributed by atoms with Gasteiger partial charge in [-0.05, 0) is 59.0 Å². The topological polar surface area (TPSA) is 38.3 Å². The molecule has 0 saturated carbocycles. The van der Waals surface area contributed by atoms with E-state index in [0.717, 1.165) is 37.2 Å². The number of para-hydroxylation sites is 1. The molecule has 0 radical (unpaired) electrons. The van der Waals surface area contributed by atoms with Gasteiger partial charge in [-0.3, -0.25) is 0 Å². The average Bonchev–Trinajstić information content (AvgIpc) is 3.08. The lowest BCUT2D eigenvalue weighted by Crippen LogP contribution is -1.97. The summed E-state index contributed by atoms with van der Waals surface area (Å²) >= 11 is 2.17. The fourth-order valence-electron chi connectivity index (χ4n) is 2.47. The van der Waals surface area contributed by atoms with E-state index in [1.165, 1.54) is 0 Å². The summed E-state index contributed by atoms with van der Waals surface area (Å²) in [5.74, 6) is 0.927. The molecule has 0 aliphatic rings. The average molecular weight is 389 g/mol. The van der Waals surface area contributed by atoms with Crippen LogP contribution in [0.5, 0.6) is 0 Å². The lowest BCUT2D eigenvalue weighted by molar-refractivity contribution is 0.493. The van der Waals surface area contributed by atoms with Crippen LogP contribution in [0.1, 0.15) is 5.76 Å². The van der Waals surface area contributed by atoms with Crippen LogP contribution in [0.15, 0.2) is 63.4 Å². The number of hydrogen-bond donors (Lipinski definition) is 1. The summed E-state index contributed by atoms with van der Waals surface area (Å²) in [5, 5.41) is 5.65. The smallest absolute Gasteiger partial charge is 0.164 e. The Labute approximate surface area is 135 Å². The van der Waals surface area contributed by atoms with Gasteiger partial charge in [0.2, 0.25) is 0 Å². The maximum Gasteiger partial charge on any atom is 0.164 e. The van der Waals surface area contributed by atoms with Crippen LogP contribution >= 0.6 is 22.6 Å². The largest absolute Gasteiger partial charge is 0.456 e. The van der Waals surface area contributed by atoms with Crippen LogP contribution in [-0.4, -0.2) is 0 Å². The molecule has 4 rings (SSSR count). The molecule has 0 bridgehead atoms. The first-order valence-electron chi connectivity index (χ1n) is 6.69. The SMILES string of the molecule is Ic1ccc(CNc2ccc3oc4ccccc4c3c2)o1. The van der Waals surface area contributed by atoms with Crippen molar-refractivity contribution in [1.29, 1.82) is 0 Å². The number of hydrogen-bond acceptors (Lipinski definition) is 3. The summed E-state index contributed by atoms with van der Waals surface area (Å²) in [7, 11) is 0. The molecular weight excluding hydrogens is 377 g/mol. The van der Waals surface area contributed by atoms with E-state index in [1.54, 1.807) is 0 Å². The number of anilines is 1. The number of benzene rings is 2. The molecular formula is C17H12INO2. The Kier molecular flexibility index (Phi) is 3.11. The Morgan fingerprint density at radius 1 is 0.857 bits per heavy atom. The molecule has 1 N–H and O–H groups in total. The van der Waals surface area contributed by atoms with E-state index in [2.05, 4.69) is 40.0 Å². The van der Waals surface area contributed by atoms with Crippen LogP contribution in [-0.2, 0) is 6.54 Å². The van der Waals surface area contributed by atoms with Crippen LogP contribution in [0, 0.1) is 3.77 Å². The minimum atomic E-state index is 0.671. The van der Waals surface area contributed by atoms with Gasteiger partial charge in [0.15, 0.2) is 3.77 Å². The Morgan fingerprint density at radius 3 is 2.57 bits per heavy atom. The molecule has 104 valence electrons. The van der Waals surface area contributed by atoms with Gasteiger partial charge in [0.1, 0.15) is 16.9 Å². The van der Waals surface area contributed by atoms with Crippen molar-refractivity contribution in [2.45, 2.75) is 6.54 Å². The second-order valence-electron chi connectivity index (χ2n) is 4.87. The standard InChI is InChI=1S/C17H12INO2/c18-17-8-6-12(20-17)10-19-11-5-7-16-14(9-11)13-3-1-2-4-15(13)21-16/h1-9,19H,10H2. The van der Waals surface area contributed by atoms with E-state index in [4.69, 9.17) is 8.83 Å². The number of halogens is 1. The molecule has 0 atom stereocenters. The van der Waals surface area contributed by atoms with Crippen molar-refractivity contribution in [1.82, 2.24) is 0 Å². The zero-order valence-corrected chi connectivity index (χ0v) is 13.3. The molecule has 4 heteroatoms. The summed E-state index contributed by atoms with van der Waals surface area (Å²) in [6, 6.07) is 18.2. The third-order valence-electron chi connectivity index (χ3n) is 3.47. The molecule has 2 heterocycles. The van der Waals surface area contributed by atoms with Gasteiger partial charge in [-0.15, -0.1) is 0 Å². The molecule has 2 aromatic carbocycles. The quantitative estimate of drug-likeness (QED) is 0.477. The van der Waals surface area contributed by atoms with Crippen LogP contribution in [0.25, 0.3) is 21.9 Å². The van der Waals surface area contributed by atoms with Gasteiger partial charge in [-0.25, -0.2) is 0 Å². The van der Waals surface area contributed by atoms with Gasteiger partial charge in [-0.2, -0.15) is 0 Å². The highest BCUT2D eigenvalue weighted by Gasteiger charge is 2.07. The second-order valence-corrected chi connectivity index (χ2v) is 5.93. The predicted molar refractivity (Wildman–Crippen MR) is 92.5 cm³/mol. The first-order valence-corrected chi connectivity index (χ1v) is 7.77. The van der Waals surface area contributed by atoms with E-state index < -0.39 is 0 Å². The molecule has 3 nitrogen and oxygen atoms in total. The lowest BCUT2D eigenvalue weighted by Gasteiger charge is -2.04. The Hall–Kier alpha value is -1.95. The molecule has 0 unspecified atom stereocenters. The van der Waals surface area contributed by atoms with E-state index >= 15 is 0 Å². The van der Waals surface area contributed by atoms with Crippen LogP contribution in [0.2, 0.25) is 0 Å². The van der Waals surface area contributed by atoms with Gasteiger partial charge in [-0.1, -0.05) is 18.2 Å². The van der Waals surface area contributed by atoms with E-state index in [9.17, 15) is 0 Å². The summed E-state index contributed by atoms with van der Waals surface area (Å²) in [4.78, 5) is 0. The van der Waals surface area contributed by atoms with Crippen molar-refractivity contribution >= 4 is 50.2 Å². The summed E-state index contributed by atoms with van der Waals surface area (Å²) in [6.45, 7) is 0.671. The molecule has 2 aromatic heterocycles. The Bertz CT molecular complexity index is 923. The van der Waals surface area contributed by atoms with E-state index in [1.807, 2.05) is 42.5 Å². The van der Waals surface area contributed by atoms with Crippen molar-refractivity contribution in [2.75, 3.05) is 5.32 Å². The van der Waals surface area contributed by atoms with Crippen molar-refractivity contribution in [3.63, 3.8) is 0 Å². The molecule has 0 aliphatic heterocycles. The summed E-state index contributed by atoms with van der Waals surface area (Å²) in [6.07, 6.45) is 0. The fraction of sp³-hybridized carbons (Fsp3) is 0.0588. The van der Waals surface area contributed by atoms with Gasteiger partial charge in [0.05, 0.1) is 6.54 Å². The summed E-state index contributed by atoms with van der Waals surface area (Å²) < 4.78 is 12.3. The summed E-state index contributed by atoms with van der Waals surface area (Å²) in [5.41, 5.74) is 2.89. The maximum absolute atomic E-state index is 5.83. The Balaban J connectivity index is 1.68. The zero-order valence-electron chi connectivity index (χ0n) is 11.1. The van der Waals surface area contributed by atoms with Crippen molar-refractivity contribution in [3.05, 3.63) is 64.1 Å². The van der Waals surface area contributed by atoms with Crippen LogP contribution < -0.4 is 5.32 Å². The molecule has 0 amide bonds. The highest BCUT2D eigenvalue weighted by atomic mass is 127. The third-order valence-corrected chi connectivity index (χ3v) is 4.05. The van der Waals surface area contributed by atoms with Crippen LogP contribution in [0.4, 0.5) is 5.69 Å². The lowest BCUT2D eigenvalue weighted by atomic mass is 10.1. The van der Waals surface area contributed by atoms with Crippen molar-refractivity contribution in [3.8, 4) is 0 Å². The van der Waals surface area contributed by atoms with E-state index in [-0.39, 0.29) is 0 Å². The number of fused-ring (bicyclic) bond motifs is 3. The molecule has 0 spiro atoms. The third kappa shape index (κ3) is 2.40.